The van der Waals surface area contributed by atoms with Gasteiger partial charge in [-0.3, -0.25) is 4.79 Å². The molecule has 1 aliphatic carbocycles. The molecule has 37 heavy (non-hydrogen) atoms. The van der Waals surface area contributed by atoms with Gasteiger partial charge in [0.2, 0.25) is 5.95 Å². The number of fused-ring (bicyclic) bond motifs is 3. The van der Waals surface area contributed by atoms with Crippen molar-refractivity contribution in [2.75, 3.05) is 12.8 Å². The average molecular weight is 506 g/mol. The number of terminal acetylenes is 1. The highest BCUT2D eigenvalue weighted by Crippen LogP contribution is 2.42. The third kappa shape index (κ3) is 5.08. The molecule has 1 atom stereocenters. The zero-order valence-electron chi connectivity index (χ0n) is 20.8. The maximum Gasteiger partial charge on any atom is 0.253 e. The van der Waals surface area contributed by atoms with Gasteiger partial charge in [0.05, 0.1) is 5.39 Å². The monoisotopic (exact) mass is 505 g/mol. The molecule has 2 aromatic carbocycles. The summed E-state index contributed by atoms with van der Waals surface area (Å²) in [6.45, 7) is 1.99. The van der Waals surface area contributed by atoms with Gasteiger partial charge < -0.3 is 16.4 Å². The van der Waals surface area contributed by atoms with E-state index in [2.05, 4.69) is 27.9 Å². The molecule has 4 N–H and O–H groups in total. The Morgan fingerprint density at radius 1 is 1.19 bits per heavy atom. The van der Waals surface area contributed by atoms with Crippen LogP contribution in [0.4, 0.5) is 14.7 Å². The number of rotatable bonds is 7. The molecule has 192 valence electrons. The summed E-state index contributed by atoms with van der Waals surface area (Å²) in [5.74, 6) is -1.11. The first-order chi connectivity index (χ1) is 17.7. The van der Waals surface area contributed by atoms with E-state index in [0.29, 0.717) is 24.2 Å². The number of anilines is 1. The number of hydrogen-bond acceptors (Lipinski definition) is 6. The van der Waals surface area contributed by atoms with Gasteiger partial charge in [-0.25, -0.2) is 18.7 Å². The molecule has 1 saturated carbocycles. The van der Waals surface area contributed by atoms with Crippen molar-refractivity contribution >= 4 is 28.4 Å². The van der Waals surface area contributed by atoms with E-state index in [1.54, 1.807) is 11.9 Å². The number of nitrogens with zero attached hydrogens (tertiary/aromatic N) is 5. The van der Waals surface area contributed by atoms with Gasteiger partial charge in [-0.2, -0.15) is 4.52 Å². The summed E-state index contributed by atoms with van der Waals surface area (Å²) < 4.78 is 29.2. The first-order valence-corrected chi connectivity index (χ1v) is 12.0. The fourth-order valence-electron chi connectivity index (χ4n) is 4.33. The lowest BCUT2D eigenvalue weighted by Crippen LogP contribution is -2.35. The molecule has 4 aromatic rings. The van der Waals surface area contributed by atoms with Crippen LogP contribution >= 0.6 is 0 Å². The largest absolute Gasteiger partial charge is 0.368 e. The zero-order valence-corrected chi connectivity index (χ0v) is 20.8. The number of aromatic nitrogens is 4. The quantitative estimate of drug-likeness (QED) is 0.369. The molecule has 0 spiro atoms. The topological polar surface area (TPSA) is 115 Å². The SMILES string of the molecule is C#C.C[C@@H](CCCc1nc2c3cc(F)cc(F)c3nc(N)n2n1)N(C)C(=O)c1ccc(C2(N)CC2)cc1. The van der Waals surface area contributed by atoms with Crippen molar-refractivity contribution in [2.45, 2.75) is 50.6 Å². The number of hydrogen-bond donors (Lipinski definition) is 2. The van der Waals surface area contributed by atoms with Gasteiger partial charge in [0.15, 0.2) is 17.3 Å². The summed E-state index contributed by atoms with van der Waals surface area (Å²) in [5.41, 5.74) is 13.8. The average Bonchev–Trinajstić information content (AvgIpc) is 3.49. The first kappa shape index (κ1) is 26.0. The Hall–Kier alpha value is -4.10. The summed E-state index contributed by atoms with van der Waals surface area (Å²) in [7, 11) is 1.79. The van der Waals surface area contributed by atoms with E-state index in [4.69, 9.17) is 11.5 Å². The molecule has 2 aromatic heterocycles. The molecule has 10 heteroatoms. The van der Waals surface area contributed by atoms with Crippen molar-refractivity contribution in [3.63, 3.8) is 0 Å². The van der Waals surface area contributed by atoms with Crippen LogP contribution in [0.3, 0.4) is 0 Å². The number of amides is 1. The smallest absolute Gasteiger partial charge is 0.253 e. The number of nitrogens with two attached hydrogens (primary N) is 2. The third-order valence-electron chi connectivity index (χ3n) is 6.86. The van der Waals surface area contributed by atoms with Gasteiger partial charge in [0, 0.05) is 36.7 Å². The second-order valence-electron chi connectivity index (χ2n) is 9.41. The fraction of sp³-hybridized carbons (Fsp3) is 0.333. The zero-order chi connectivity index (χ0) is 26.9. The normalized spacial score (nSPS) is 14.7. The van der Waals surface area contributed by atoms with Crippen LogP contribution in [0.25, 0.3) is 16.6 Å². The van der Waals surface area contributed by atoms with E-state index < -0.39 is 11.6 Å². The Morgan fingerprint density at radius 3 is 2.51 bits per heavy atom. The van der Waals surface area contributed by atoms with Gasteiger partial charge in [0.1, 0.15) is 11.3 Å². The van der Waals surface area contributed by atoms with Crippen LogP contribution in [0, 0.1) is 24.5 Å². The molecule has 8 nitrogen and oxygen atoms in total. The van der Waals surface area contributed by atoms with Crippen LogP contribution in [0.15, 0.2) is 36.4 Å². The molecule has 0 aliphatic heterocycles. The Kier molecular flexibility index (Phi) is 7.09. The molecular formula is C27H29F2N7O. The second-order valence-corrected chi connectivity index (χ2v) is 9.41. The third-order valence-corrected chi connectivity index (χ3v) is 6.86. The van der Waals surface area contributed by atoms with Gasteiger partial charge >= 0.3 is 0 Å². The maximum atomic E-state index is 14.1. The van der Waals surface area contributed by atoms with Gasteiger partial charge in [0.25, 0.3) is 5.91 Å². The lowest BCUT2D eigenvalue weighted by atomic mass is 10.0. The van der Waals surface area contributed by atoms with Crippen LogP contribution in [-0.4, -0.2) is 43.5 Å². The maximum absolute atomic E-state index is 14.1. The predicted molar refractivity (Wildman–Crippen MR) is 139 cm³/mol. The highest BCUT2D eigenvalue weighted by Gasteiger charge is 2.39. The molecular weight excluding hydrogens is 476 g/mol. The van der Waals surface area contributed by atoms with Crippen LogP contribution in [0.1, 0.15) is 54.4 Å². The van der Waals surface area contributed by atoms with E-state index in [9.17, 15) is 13.6 Å². The van der Waals surface area contributed by atoms with E-state index in [0.717, 1.165) is 30.9 Å². The molecule has 0 saturated heterocycles. The van der Waals surface area contributed by atoms with Crippen LogP contribution in [0.2, 0.25) is 0 Å². The number of carbonyl (C=O) groups is 1. The number of aryl methyl sites for hydroxylation is 1. The highest BCUT2D eigenvalue weighted by molar-refractivity contribution is 5.94. The minimum atomic E-state index is -0.801. The molecule has 0 unspecified atom stereocenters. The summed E-state index contributed by atoms with van der Waals surface area (Å²) in [5, 5.41) is 4.57. The van der Waals surface area contributed by atoms with E-state index >= 15 is 0 Å². The molecule has 5 rings (SSSR count). The standard InChI is InChI=1S/C25H27F2N7O.C2H2/c1-14(33(2)23(35)15-6-8-16(9-7-15)25(29)10-11-25)4-3-5-20-30-22-18-12-17(26)13-19(27)21(18)31-24(28)34(22)32-20;1-2/h6-9,12-14H,3-5,10-11,29H2,1-2H3,(H2,28,31);1-2H/t14-;/m0./s1. The van der Waals surface area contributed by atoms with Gasteiger partial charge in [-0.15, -0.1) is 17.9 Å². The molecule has 1 aliphatic rings. The Morgan fingerprint density at radius 2 is 1.86 bits per heavy atom. The summed E-state index contributed by atoms with van der Waals surface area (Å²) in [6, 6.07) is 9.47. The van der Waals surface area contributed by atoms with Crippen molar-refractivity contribution in [2.24, 2.45) is 5.73 Å². The predicted octanol–water partition coefficient (Wildman–Crippen LogP) is 3.82. The second kappa shape index (κ2) is 10.1. The molecule has 0 radical (unpaired) electrons. The number of benzene rings is 2. The van der Waals surface area contributed by atoms with Gasteiger partial charge in [-0.05, 0) is 56.4 Å². The lowest BCUT2D eigenvalue weighted by Gasteiger charge is -2.25. The Bertz CT molecular complexity index is 1480. The highest BCUT2D eigenvalue weighted by atomic mass is 19.1. The fourth-order valence-corrected chi connectivity index (χ4v) is 4.33. The minimum Gasteiger partial charge on any atom is -0.368 e. The molecule has 1 fully saturated rings. The number of carbonyl (C=O) groups excluding carboxylic acids is 1. The molecule has 2 heterocycles. The van der Waals surface area contributed by atoms with Crippen LogP contribution in [0.5, 0.6) is 0 Å². The Labute approximate surface area is 213 Å². The van der Waals surface area contributed by atoms with Crippen molar-refractivity contribution in [1.29, 1.82) is 0 Å². The first-order valence-electron chi connectivity index (χ1n) is 12.0. The van der Waals surface area contributed by atoms with Crippen molar-refractivity contribution in [1.82, 2.24) is 24.5 Å². The summed E-state index contributed by atoms with van der Waals surface area (Å²) in [4.78, 5) is 23.1. The summed E-state index contributed by atoms with van der Waals surface area (Å²) >= 11 is 0. The van der Waals surface area contributed by atoms with E-state index in [1.165, 1.54) is 10.6 Å². The van der Waals surface area contributed by atoms with Crippen molar-refractivity contribution < 1.29 is 13.6 Å². The molecule has 1 amide bonds. The molecule has 0 bridgehead atoms. The minimum absolute atomic E-state index is 0.0146. The number of halogens is 2. The van der Waals surface area contributed by atoms with Gasteiger partial charge in [-0.1, -0.05) is 12.1 Å². The van der Waals surface area contributed by atoms with Crippen LogP contribution in [-0.2, 0) is 12.0 Å². The van der Waals surface area contributed by atoms with E-state index in [1.807, 2.05) is 31.2 Å². The van der Waals surface area contributed by atoms with Crippen LogP contribution < -0.4 is 11.5 Å². The summed E-state index contributed by atoms with van der Waals surface area (Å²) in [6.07, 6.45) is 11.9. The van der Waals surface area contributed by atoms with Crippen molar-refractivity contribution in [3.8, 4) is 12.8 Å². The Balaban J connectivity index is 0.00000156. The van der Waals surface area contributed by atoms with Crippen molar-refractivity contribution in [3.05, 3.63) is 65.0 Å². The number of nitrogen functional groups attached to an aromatic ring is 1. The lowest BCUT2D eigenvalue weighted by molar-refractivity contribution is 0.0735. The van der Waals surface area contributed by atoms with E-state index in [-0.39, 0.29) is 40.0 Å².